The first kappa shape index (κ1) is 17.3. The Morgan fingerprint density at radius 1 is 0.533 bits per heavy atom. The van der Waals surface area contributed by atoms with Crippen molar-refractivity contribution in [1.82, 2.24) is 0 Å². The van der Waals surface area contributed by atoms with Crippen molar-refractivity contribution < 1.29 is 10.2 Å². The number of unbranched alkanes of at least 4 members (excludes halogenated alkanes) is 9. The highest BCUT2D eigenvalue weighted by atomic mass is 16.5. The van der Waals surface area contributed by atoms with Crippen LogP contribution in [0.15, 0.2) is 0 Å². The quantitative estimate of drug-likeness (QED) is 0.456. The Balaban J connectivity index is 0. The molecule has 0 saturated carbocycles. The van der Waals surface area contributed by atoms with Gasteiger partial charge in [0, 0.05) is 0 Å². The molecular weight excluding hydrogens is 188 g/mol. The molecule has 0 heterocycles. The molecule has 2 heteroatoms. The number of rotatable bonds is 9. The summed E-state index contributed by atoms with van der Waals surface area (Å²) in [6, 6.07) is 0. The van der Waals surface area contributed by atoms with Crippen LogP contribution < -0.4 is 0 Å². The average molecular weight is 218 g/mol. The van der Waals surface area contributed by atoms with Gasteiger partial charge in [0.2, 0.25) is 0 Å². The van der Waals surface area contributed by atoms with Crippen LogP contribution in [0.1, 0.15) is 78.1 Å². The van der Waals surface area contributed by atoms with Gasteiger partial charge in [-0.25, -0.2) is 0 Å². The zero-order valence-electron chi connectivity index (χ0n) is 10.7. The van der Waals surface area contributed by atoms with Gasteiger partial charge in [0.05, 0.1) is 0 Å². The molecule has 0 aliphatic heterocycles. The molecule has 2 nitrogen and oxygen atoms in total. The molecule has 0 aliphatic carbocycles. The van der Waals surface area contributed by atoms with E-state index in [4.69, 9.17) is 10.2 Å². The Kier molecular flexibility index (Phi) is 22.5. The van der Waals surface area contributed by atoms with Crippen molar-refractivity contribution in [3.05, 3.63) is 0 Å². The molecule has 0 bridgehead atoms. The second-order valence-corrected chi connectivity index (χ2v) is 3.97. The molecule has 0 aliphatic rings. The fourth-order valence-electron chi connectivity index (χ4n) is 1.56. The summed E-state index contributed by atoms with van der Waals surface area (Å²) < 4.78 is 0. The molecule has 0 aromatic heterocycles. The molecule has 94 valence electrons. The highest BCUT2D eigenvalue weighted by Crippen LogP contribution is 2.09. The Morgan fingerprint density at radius 3 is 0.933 bits per heavy atom. The summed E-state index contributed by atoms with van der Waals surface area (Å²) in [5.41, 5.74) is 0. The van der Waals surface area contributed by atoms with Gasteiger partial charge in [0.15, 0.2) is 0 Å². The summed E-state index contributed by atoms with van der Waals surface area (Å²) in [6.45, 7) is 3.81. The van der Waals surface area contributed by atoms with E-state index in [0.29, 0.717) is 0 Å². The van der Waals surface area contributed by atoms with E-state index in [0.717, 1.165) is 0 Å². The number of aliphatic hydroxyl groups is 2. The van der Waals surface area contributed by atoms with Gasteiger partial charge in [-0.1, -0.05) is 78.1 Å². The molecule has 0 saturated heterocycles. The molecule has 0 fully saturated rings. The molecule has 0 aromatic rings. The van der Waals surface area contributed by atoms with Crippen LogP contribution in [0, 0.1) is 0 Å². The first-order chi connectivity index (χ1) is 7.33. The topological polar surface area (TPSA) is 40.5 Å². The molecule has 0 atom stereocenters. The average Bonchev–Trinajstić information content (AvgIpc) is 2.23. The van der Waals surface area contributed by atoms with Crippen molar-refractivity contribution in [2.75, 3.05) is 6.79 Å². The highest BCUT2D eigenvalue weighted by molar-refractivity contribution is 4.45. The highest BCUT2D eigenvalue weighted by Gasteiger charge is 1.90. The minimum atomic E-state index is -0.750. The lowest BCUT2D eigenvalue weighted by molar-refractivity contribution is 0.0773. The van der Waals surface area contributed by atoms with Gasteiger partial charge in [-0.2, -0.15) is 0 Å². The van der Waals surface area contributed by atoms with Crippen molar-refractivity contribution >= 4 is 0 Å². The lowest BCUT2D eigenvalue weighted by Crippen LogP contribution is -1.80. The number of hydrogen-bond donors (Lipinski definition) is 2. The van der Waals surface area contributed by atoms with Gasteiger partial charge < -0.3 is 10.2 Å². The maximum Gasteiger partial charge on any atom is 0.140 e. The Morgan fingerprint density at radius 2 is 0.733 bits per heavy atom. The van der Waals surface area contributed by atoms with Gasteiger partial charge >= 0.3 is 0 Å². The van der Waals surface area contributed by atoms with Gasteiger partial charge in [-0.3, -0.25) is 0 Å². The van der Waals surface area contributed by atoms with Gasteiger partial charge in [-0.15, -0.1) is 0 Å². The van der Waals surface area contributed by atoms with Crippen molar-refractivity contribution in [3.8, 4) is 0 Å². The summed E-state index contributed by atoms with van der Waals surface area (Å²) in [5.74, 6) is 0. The van der Waals surface area contributed by atoms with Crippen molar-refractivity contribution in [3.63, 3.8) is 0 Å². The Labute approximate surface area is 95.7 Å². The minimum absolute atomic E-state index is 0.750. The third kappa shape index (κ3) is 24.9. The second kappa shape index (κ2) is 19.5. The van der Waals surface area contributed by atoms with E-state index in [9.17, 15) is 0 Å². The fraction of sp³-hybridized carbons (Fsp3) is 1.00. The summed E-state index contributed by atoms with van der Waals surface area (Å²) in [5, 5.41) is 14.2. The van der Waals surface area contributed by atoms with Crippen LogP contribution in [0.25, 0.3) is 0 Å². The van der Waals surface area contributed by atoms with Crippen LogP contribution >= 0.6 is 0 Å². The molecule has 0 radical (unpaired) electrons. The molecule has 2 N–H and O–H groups in total. The van der Waals surface area contributed by atoms with Crippen LogP contribution in [-0.4, -0.2) is 17.0 Å². The molecule has 0 rings (SSSR count). The molecule has 0 unspecified atom stereocenters. The number of aliphatic hydroxyl groups excluding tert-OH is 1. The summed E-state index contributed by atoms with van der Waals surface area (Å²) in [6.07, 6.45) is 14.4. The molecule has 15 heavy (non-hydrogen) atoms. The van der Waals surface area contributed by atoms with Crippen LogP contribution in [0.3, 0.4) is 0 Å². The van der Waals surface area contributed by atoms with Gasteiger partial charge in [0.1, 0.15) is 6.79 Å². The monoisotopic (exact) mass is 218 g/mol. The molecular formula is C13H30O2. The van der Waals surface area contributed by atoms with Crippen LogP contribution in [0.4, 0.5) is 0 Å². The largest absolute Gasteiger partial charge is 0.371 e. The van der Waals surface area contributed by atoms with Gasteiger partial charge in [0.25, 0.3) is 0 Å². The van der Waals surface area contributed by atoms with Gasteiger partial charge in [-0.05, 0) is 0 Å². The predicted octanol–water partition coefficient (Wildman–Crippen LogP) is 3.86. The second-order valence-electron chi connectivity index (χ2n) is 3.97. The lowest BCUT2D eigenvalue weighted by Gasteiger charge is -1.99. The van der Waals surface area contributed by atoms with E-state index < -0.39 is 6.79 Å². The molecule has 0 aromatic carbocycles. The Bertz CT molecular complexity index is 74.6. The van der Waals surface area contributed by atoms with Crippen LogP contribution in [0.5, 0.6) is 0 Å². The third-order valence-electron chi connectivity index (χ3n) is 2.46. The van der Waals surface area contributed by atoms with E-state index in [1.165, 1.54) is 64.2 Å². The van der Waals surface area contributed by atoms with Crippen LogP contribution in [0.2, 0.25) is 0 Å². The SMILES string of the molecule is CCCCCCCCCCCC.OCO. The first-order valence-electron chi connectivity index (χ1n) is 6.55. The maximum atomic E-state index is 7.12. The smallest absolute Gasteiger partial charge is 0.140 e. The fourth-order valence-corrected chi connectivity index (χ4v) is 1.56. The molecule has 0 spiro atoms. The van der Waals surface area contributed by atoms with E-state index >= 15 is 0 Å². The normalized spacial score (nSPS) is 9.60. The summed E-state index contributed by atoms with van der Waals surface area (Å²) in [7, 11) is 0. The predicted molar refractivity (Wildman–Crippen MR) is 66.8 cm³/mol. The van der Waals surface area contributed by atoms with Crippen LogP contribution in [-0.2, 0) is 0 Å². The van der Waals surface area contributed by atoms with E-state index in [1.807, 2.05) is 0 Å². The standard InChI is InChI=1S/C12H26.CH4O2/c1-3-5-7-9-11-12-10-8-6-4-2;2-1-3/h3-12H2,1-2H3;2-3H,1H2. The lowest BCUT2D eigenvalue weighted by atomic mass is 10.1. The number of hydrogen-bond acceptors (Lipinski definition) is 2. The van der Waals surface area contributed by atoms with E-state index in [-0.39, 0.29) is 0 Å². The third-order valence-corrected chi connectivity index (χ3v) is 2.46. The minimum Gasteiger partial charge on any atom is -0.371 e. The Hall–Kier alpha value is -0.0800. The van der Waals surface area contributed by atoms with Crippen molar-refractivity contribution in [2.45, 2.75) is 78.1 Å². The zero-order valence-corrected chi connectivity index (χ0v) is 10.7. The zero-order chi connectivity index (χ0) is 11.8. The van der Waals surface area contributed by atoms with Crippen molar-refractivity contribution in [1.29, 1.82) is 0 Å². The van der Waals surface area contributed by atoms with E-state index in [1.54, 1.807) is 0 Å². The maximum absolute atomic E-state index is 7.12. The summed E-state index contributed by atoms with van der Waals surface area (Å²) >= 11 is 0. The summed E-state index contributed by atoms with van der Waals surface area (Å²) in [4.78, 5) is 0. The van der Waals surface area contributed by atoms with Crippen molar-refractivity contribution in [2.24, 2.45) is 0 Å². The first-order valence-corrected chi connectivity index (χ1v) is 6.55. The van der Waals surface area contributed by atoms with E-state index in [2.05, 4.69) is 13.8 Å². The molecule has 0 amide bonds.